The smallest absolute Gasteiger partial charge is 0.0570 e. The van der Waals surface area contributed by atoms with E-state index in [9.17, 15) is 5.11 Å². The standard InChI is InChI=1S/C15H30N2O/c1-4-15(5-2,10-16-3)11-17-12-6-7-13(17)9-14(18)8-12/h12-14,16,18H,4-11H2,1-3H3. The predicted molar refractivity (Wildman–Crippen MR) is 75.7 cm³/mol. The minimum Gasteiger partial charge on any atom is -0.393 e. The quantitative estimate of drug-likeness (QED) is 0.761. The number of nitrogens with zero attached hydrogens (tertiary/aromatic N) is 1. The van der Waals surface area contributed by atoms with Gasteiger partial charge in [0.15, 0.2) is 0 Å². The first-order valence-electron chi connectivity index (χ1n) is 7.72. The molecule has 18 heavy (non-hydrogen) atoms. The molecule has 2 N–H and O–H groups in total. The molecule has 2 fully saturated rings. The molecule has 0 aliphatic carbocycles. The fraction of sp³-hybridized carbons (Fsp3) is 1.00. The van der Waals surface area contributed by atoms with Crippen molar-refractivity contribution >= 4 is 0 Å². The SMILES string of the molecule is CCC(CC)(CNC)CN1C2CCC1CC(O)C2. The molecule has 3 heteroatoms. The summed E-state index contributed by atoms with van der Waals surface area (Å²) in [5.74, 6) is 0. The summed E-state index contributed by atoms with van der Waals surface area (Å²) < 4.78 is 0. The van der Waals surface area contributed by atoms with Gasteiger partial charge in [0.1, 0.15) is 0 Å². The summed E-state index contributed by atoms with van der Waals surface area (Å²) in [5.41, 5.74) is 0.415. The van der Waals surface area contributed by atoms with Gasteiger partial charge in [-0.1, -0.05) is 13.8 Å². The van der Waals surface area contributed by atoms with Gasteiger partial charge < -0.3 is 10.4 Å². The summed E-state index contributed by atoms with van der Waals surface area (Å²) in [5, 5.41) is 13.3. The second-order valence-corrected chi connectivity index (χ2v) is 6.42. The maximum Gasteiger partial charge on any atom is 0.0570 e. The topological polar surface area (TPSA) is 35.5 Å². The molecule has 0 spiro atoms. The molecule has 3 nitrogen and oxygen atoms in total. The molecule has 0 radical (unpaired) electrons. The Morgan fingerprint density at radius 2 is 1.72 bits per heavy atom. The zero-order valence-electron chi connectivity index (χ0n) is 12.3. The highest BCUT2D eigenvalue weighted by Gasteiger charge is 2.43. The zero-order chi connectivity index (χ0) is 13.2. The highest BCUT2D eigenvalue weighted by atomic mass is 16.3. The number of fused-ring (bicyclic) bond motifs is 2. The van der Waals surface area contributed by atoms with Crippen LogP contribution in [0.5, 0.6) is 0 Å². The predicted octanol–water partition coefficient (Wildman–Crippen LogP) is 2.00. The molecular weight excluding hydrogens is 224 g/mol. The second kappa shape index (κ2) is 5.89. The van der Waals surface area contributed by atoms with E-state index >= 15 is 0 Å². The fourth-order valence-electron chi connectivity index (χ4n) is 4.05. The zero-order valence-corrected chi connectivity index (χ0v) is 12.3. The first kappa shape index (κ1) is 14.3. The maximum absolute atomic E-state index is 9.88. The van der Waals surface area contributed by atoms with Crippen LogP contribution in [-0.2, 0) is 0 Å². The van der Waals surface area contributed by atoms with E-state index in [-0.39, 0.29) is 6.10 Å². The van der Waals surface area contributed by atoms with E-state index in [1.165, 1.54) is 32.2 Å². The number of nitrogens with one attached hydrogen (secondary N) is 1. The molecule has 2 aliphatic rings. The maximum atomic E-state index is 9.88. The van der Waals surface area contributed by atoms with E-state index in [0.717, 1.165) is 19.4 Å². The van der Waals surface area contributed by atoms with Gasteiger partial charge in [-0.15, -0.1) is 0 Å². The number of aliphatic hydroxyl groups is 1. The Morgan fingerprint density at radius 1 is 1.17 bits per heavy atom. The van der Waals surface area contributed by atoms with Crippen LogP contribution in [0.3, 0.4) is 0 Å². The molecule has 2 atom stereocenters. The van der Waals surface area contributed by atoms with Crippen LogP contribution < -0.4 is 5.32 Å². The molecule has 0 aromatic heterocycles. The largest absolute Gasteiger partial charge is 0.393 e. The van der Waals surface area contributed by atoms with Gasteiger partial charge in [0.05, 0.1) is 6.10 Å². The van der Waals surface area contributed by atoms with Crippen LogP contribution in [0.1, 0.15) is 52.4 Å². The van der Waals surface area contributed by atoms with Gasteiger partial charge in [-0.05, 0) is 51.0 Å². The van der Waals surface area contributed by atoms with Crippen molar-refractivity contribution in [3.8, 4) is 0 Å². The Kier molecular flexibility index (Phi) is 4.68. The lowest BCUT2D eigenvalue weighted by molar-refractivity contribution is 0.00754. The average molecular weight is 254 g/mol. The minimum absolute atomic E-state index is 0.0410. The monoisotopic (exact) mass is 254 g/mol. The summed E-state index contributed by atoms with van der Waals surface area (Å²) in [6.07, 6.45) is 7.03. The molecule has 2 unspecified atom stereocenters. The van der Waals surface area contributed by atoms with E-state index in [2.05, 4.69) is 31.1 Å². The van der Waals surface area contributed by atoms with Crippen molar-refractivity contribution in [1.29, 1.82) is 0 Å². The van der Waals surface area contributed by atoms with Gasteiger partial charge in [-0.2, -0.15) is 0 Å². The van der Waals surface area contributed by atoms with Crippen molar-refractivity contribution in [2.45, 2.75) is 70.6 Å². The third-order valence-electron chi connectivity index (χ3n) is 5.43. The Bertz CT molecular complexity index is 251. The molecule has 106 valence electrons. The normalized spacial score (nSPS) is 33.0. The van der Waals surface area contributed by atoms with E-state index in [1.54, 1.807) is 0 Å². The highest BCUT2D eigenvalue weighted by molar-refractivity contribution is 4.98. The van der Waals surface area contributed by atoms with Crippen LogP contribution >= 0.6 is 0 Å². The lowest BCUT2D eigenvalue weighted by atomic mass is 9.80. The van der Waals surface area contributed by atoms with E-state index < -0.39 is 0 Å². The molecule has 0 saturated carbocycles. The first-order valence-corrected chi connectivity index (χ1v) is 7.72. The molecule has 0 amide bonds. The van der Waals surface area contributed by atoms with Gasteiger partial charge in [0.2, 0.25) is 0 Å². The summed E-state index contributed by atoms with van der Waals surface area (Å²) in [6.45, 7) is 6.96. The lowest BCUT2D eigenvalue weighted by Crippen LogP contribution is -2.51. The van der Waals surface area contributed by atoms with E-state index in [1.807, 2.05) is 0 Å². The van der Waals surface area contributed by atoms with Crippen molar-refractivity contribution in [2.75, 3.05) is 20.1 Å². The van der Waals surface area contributed by atoms with Crippen molar-refractivity contribution in [3.05, 3.63) is 0 Å². The molecule has 2 rings (SSSR count). The van der Waals surface area contributed by atoms with E-state index in [4.69, 9.17) is 0 Å². The van der Waals surface area contributed by atoms with Crippen LogP contribution in [0, 0.1) is 5.41 Å². The van der Waals surface area contributed by atoms with Gasteiger partial charge in [-0.3, -0.25) is 4.90 Å². The first-order chi connectivity index (χ1) is 8.64. The van der Waals surface area contributed by atoms with Crippen LogP contribution in [0.15, 0.2) is 0 Å². The molecule has 2 saturated heterocycles. The van der Waals surface area contributed by atoms with Crippen LogP contribution in [0.2, 0.25) is 0 Å². The highest BCUT2D eigenvalue weighted by Crippen LogP contribution is 2.39. The summed E-state index contributed by atoms with van der Waals surface area (Å²) in [7, 11) is 2.06. The number of piperidine rings is 1. The third kappa shape index (κ3) is 2.73. The van der Waals surface area contributed by atoms with Crippen LogP contribution in [0.4, 0.5) is 0 Å². The van der Waals surface area contributed by atoms with Gasteiger partial charge in [0.25, 0.3) is 0 Å². The van der Waals surface area contributed by atoms with Crippen LogP contribution in [0.25, 0.3) is 0 Å². The van der Waals surface area contributed by atoms with Crippen molar-refractivity contribution in [3.63, 3.8) is 0 Å². The van der Waals surface area contributed by atoms with Gasteiger partial charge >= 0.3 is 0 Å². The molecule has 2 aliphatic heterocycles. The molecular formula is C15H30N2O. The Labute approximate surface area is 112 Å². The second-order valence-electron chi connectivity index (χ2n) is 6.42. The number of hydrogen-bond acceptors (Lipinski definition) is 3. The van der Waals surface area contributed by atoms with Crippen LogP contribution in [-0.4, -0.2) is 48.3 Å². The number of hydrogen-bond donors (Lipinski definition) is 2. The average Bonchev–Trinajstić information content (AvgIpc) is 2.61. The summed E-state index contributed by atoms with van der Waals surface area (Å²) in [6, 6.07) is 1.29. The van der Waals surface area contributed by atoms with Gasteiger partial charge in [0, 0.05) is 25.2 Å². The molecule has 2 heterocycles. The number of rotatable bonds is 6. The molecule has 0 aromatic rings. The Balaban J connectivity index is 2.03. The molecule has 0 aromatic carbocycles. The Hall–Kier alpha value is -0.120. The van der Waals surface area contributed by atoms with E-state index in [0.29, 0.717) is 17.5 Å². The van der Waals surface area contributed by atoms with Crippen molar-refractivity contribution < 1.29 is 5.11 Å². The fourth-order valence-corrected chi connectivity index (χ4v) is 4.05. The van der Waals surface area contributed by atoms with Crippen molar-refractivity contribution in [1.82, 2.24) is 10.2 Å². The number of aliphatic hydroxyl groups excluding tert-OH is 1. The van der Waals surface area contributed by atoms with Crippen molar-refractivity contribution in [2.24, 2.45) is 5.41 Å². The molecule has 2 bridgehead atoms. The lowest BCUT2D eigenvalue weighted by Gasteiger charge is -2.44. The third-order valence-corrected chi connectivity index (χ3v) is 5.43. The Morgan fingerprint density at radius 3 is 2.17 bits per heavy atom. The van der Waals surface area contributed by atoms with Gasteiger partial charge in [-0.25, -0.2) is 0 Å². The minimum atomic E-state index is -0.0410. The summed E-state index contributed by atoms with van der Waals surface area (Å²) in [4.78, 5) is 2.72. The summed E-state index contributed by atoms with van der Waals surface area (Å²) >= 11 is 0.